The molecule has 0 spiro atoms. The average Bonchev–Trinajstić information content (AvgIpc) is 3.09. The fraction of sp³-hybridized carbons (Fsp3) is 0.308. The molecular formula is C13H15N7O. The van der Waals surface area contributed by atoms with E-state index < -0.39 is 0 Å². The largest absolute Gasteiger partial charge is 0.340 e. The summed E-state index contributed by atoms with van der Waals surface area (Å²) in [6.45, 7) is 4.26. The van der Waals surface area contributed by atoms with E-state index in [9.17, 15) is 0 Å². The molecule has 0 aliphatic heterocycles. The van der Waals surface area contributed by atoms with Crippen LogP contribution in [-0.4, -0.2) is 37.4 Å². The highest BCUT2D eigenvalue weighted by atomic mass is 16.5. The maximum absolute atomic E-state index is 4.96. The number of hydrogen-bond donors (Lipinski definition) is 0. The predicted octanol–water partition coefficient (Wildman–Crippen LogP) is 1.30. The number of hydrogen-bond acceptors (Lipinski definition) is 7. The minimum absolute atomic E-state index is 0.462. The summed E-state index contributed by atoms with van der Waals surface area (Å²) in [6.07, 6.45) is 0. The fourth-order valence-electron chi connectivity index (χ4n) is 1.96. The summed E-state index contributed by atoms with van der Waals surface area (Å²) >= 11 is 0. The van der Waals surface area contributed by atoms with Gasteiger partial charge in [-0.15, -0.1) is 0 Å². The number of benzene rings is 1. The van der Waals surface area contributed by atoms with Crippen molar-refractivity contribution in [3.05, 3.63) is 41.5 Å². The quantitative estimate of drug-likeness (QED) is 0.714. The molecule has 0 atom stereocenters. The maximum atomic E-state index is 4.96. The topological polar surface area (TPSA) is 85.8 Å². The van der Waals surface area contributed by atoms with E-state index in [2.05, 4.69) is 25.7 Å². The minimum Gasteiger partial charge on any atom is -0.340 e. The van der Waals surface area contributed by atoms with E-state index >= 15 is 0 Å². The molecule has 3 aromatic rings. The number of aryl methyl sites for hydroxylation is 2. The molecule has 2 aromatic heterocycles. The Balaban J connectivity index is 1.86. The lowest BCUT2D eigenvalue weighted by Crippen LogP contribution is -2.21. The van der Waals surface area contributed by atoms with Gasteiger partial charge in [0.15, 0.2) is 5.82 Å². The van der Waals surface area contributed by atoms with Crippen LogP contribution in [0.15, 0.2) is 28.8 Å². The number of nitrogens with zero attached hydrogens (tertiary/aromatic N) is 7. The third kappa shape index (κ3) is 2.73. The zero-order chi connectivity index (χ0) is 14.8. The molecule has 0 saturated carbocycles. The number of aromatic nitrogens is 6. The van der Waals surface area contributed by atoms with E-state index in [4.69, 9.17) is 4.52 Å². The van der Waals surface area contributed by atoms with Crippen molar-refractivity contribution in [1.82, 2.24) is 30.3 Å². The smallest absolute Gasteiger partial charge is 0.250 e. The Labute approximate surface area is 121 Å². The van der Waals surface area contributed by atoms with Crippen molar-refractivity contribution in [2.75, 3.05) is 11.9 Å². The van der Waals surface area contributed by atoms with Crippen LogP contribution in [0.2, 0.25) is 0 Å². The van der Waals surface area contributed by atoms with E-state index in [-0.39, 0.29) is 0 Å². The molecule has 8 heteroatoms. The molecule has 108 valence electrons. The van der Waals surface area contributed by atoms with Crippen molar-refractivity contribution in [3.8, 4) is 5.69 Å². The van der Waals surface area contributed by atoms with Gasteiger partial charge in [-0.2, -0.15) is 9.67 Å². The van der Waals surface area contributed by atoms with Gasteiger partial charge < -0.3 is 9.42 Å². The second kappa shape index (κ2) is 5.31. The predicted molar refractivity (Wildman–Crippen MR) is 75.0 cm³/mol. The van der Waals surface area contributed by atoms with Crippen molar-refractivity contribution in [1.29, 1.82) is 0 Å². The molecule has 8 nitrogen and oxygen atoms in total. The number of tetrazole rings is 1. The van der Waals surface area contributed by atoms with Gasteiger partial charge in [-0.25, -0.2) is 0 Å². The summed E-state index contributed by atoms with van der Waals surface area (Å²) in [5, 5.41) is 15.7. The summed E-state index contributed by atoms with van der Waals surface area (Å²) in [6, 6.07) is 7.98. The van der Waals surface area contributed by atoms with Crippen LogP contribution in [0.3, 0.4) is 0 Å². The molecule has 0 fully saturated rings. The Morgan fingerprint density at radius 3 is 2.62 bits per heavy atom. The molecule has 21 heavy (non-hydrogen) atoms. The summed E-state index contributed by atoms with van der Waals surface area (Å²) in [5.41, 5.74) is 2.08. The van der Waals surface area contributed by atoms with Crippen LogP contribution in [0.5, 0.6) is 0 Å². The van der Waals surface area contributed by atoms with Crippen molar-refractivity contribution < 1.29 is 4.52 Å². The lowest BCUT2D eigenvalue weighted by Gasteiger charge is -2.15. The summed E-state index contributed by atoms with van der Waals surface area (Å²) < 4.78 is 6.64. The first-order chi connectivity index (χ1) is 10.1. The lowest BCUT2D eigenvalue weighted by molar-refractivity contribution is 0.387. The standard InChI is InChI=1S/C13H15N7O/c1-9-4-6-11(7-5-9)20-13(15-17-18-20)19(3)8-12-14-10(2)21-16-12/h4-7H,8H2,1-3H3. The van der Waals surface area contributed by atoms with Gasteiger partial charge in [-0.1, -0.05) is 28.0 Å². The SMILES string of the molecule is Cc1ccc(-n2nnnc2N(C)Cc2noc(C)n2)cc1. The van der Waals surface area contributed by atoms with Gasteiger partial charge >= 0.3 is 0 Å². The van der Waals surface area contributed by atoms with Crippen molar-refractivity contribution in [2.24, 2.45) is 0 Å². The minimum atomic E-state index is 0.462. The molecule has 0 unspecified atom stereocenters. The van der Waals surface area contributed by atoms with Crippen LogP contribution in [0.4, 0.5) is 5.95 Å². The van der Waals surface area contributed by atoms with Gasteiger partial charge in [0, 0.05) is 14.0 Å². The van der Waals surface area contributed by atoms with Crippen LogP contribution in [0.25, 0.3) is 5.69 Å². The first-order valence-corrected chi connectivity index (χ1v) is 6.49. The highest BCUT2D eigenvalue weighted by Gasteiger charge is 2.15. The molecule has 0 radical (unpaired) electrons. The Kier molecular flexibility index (Phi) is 3.35. The Morgan fingerprint density at radius 1 is 1.19 bits per heavy atom. The Bertz CT molecular complexity index is 731. The van der Waals surface area contributed by atoms with Gasteiger partial charge in [-0.3, -0.25) is 0 Å². The molecule has 0 saturated heterocycles. The van der Waals surface area contributed by atoms with Crippen LogP contribution < -0.4 is 4.90 Å². The summed E-state index contributed by atoms with van der Waals surface area (Å²) in [5.74, 6) is 1.74. The highest BCUT2D eigenvalue weighted by molar-refractivity contribution is 5.41. The van der Waals surface area contributed by atoms with E-state index in [1.165, 1.54) is 5.56 Å². The second-order valence-electron chi connectivity index (χ2n) is 4.81. The zero-order valence-electron chi connectivity index (χ0n) is 12.1. The number of rotatable bonds is 4. The summed E-state index contributed by atoms with van der Waals surface area (Å²) in [7, 11) is 1.88. The lowest BCUT2D eigenvalue weighted by atomic mass is 10.2. The van der Waals surface area contributed by atoms with Crippen molar-refractivity contribution in [3.63, 3.8) is 0 Å². The zero-order valence-corrected chi connectivity index (χ0v) is 12.1. The van der Waals surface area contributed by atoms with Gasteiger partial charge in [0.05, 0.1) is 12.2 Å². The molecule has 2 heterocycles. The van der Waals surface area contributed by atoms with Gasteiger partial charge in [0.2, 0.25) is 5.89 Å². The van der Waals surface area contributed by atoms with Crippen molar-refractivity contribution in [2.45, 2.75) is 20.4 Å². The van der Waals surface area contributed by atoms with E-state index in [1.54, 1.807) is 11.6 Å². The second-order valence-corrected chi connectivity index (χ2v) is 4.81. The maximum Gasteiger partial charge on any atom is 0.250 e. The van der Waals surface area contributed by atoms with Crippen LogP contribution in [0.1, 0.15) is 17.3 Å². The monoisotopic (exact) mass is 285 g/mol. The first-order valence-electron chi connectivity index (χ1n) is 6.49. The van der Waals surface area contributed by atoms with E-state index in [0.717, 1.165) is 5.69 Å². The molecule has 3 rings (SSSR count). The van der Waals surface area contributed by atoms with Crippen molar-refractivity contribution >= 4 is 5.95 Å². The third-order valence-corrected chi connectivity index (χ3v) is 3.02. The molecule has 0 aliphatic carbocycles. The molecule has 1 aromatic carbocycles. The average molecular weight is 285 g/mol. The molecule has 0 bridgehead atoms. The van der Waals surface area contributed by atoms with Crippen LogP contribution >= 0.6 is 0 Å². The Morgan fingerprint density at radius 2 is 1.95 bits per heavy atom. The van der Waals surface area contributed by atoms with E-state index in [1.807, 2.05) is 43.1 Å². The first kappa shape index (κ1) is 13.2. The highest BCUT2D eigenvalue weighted by Crippen LogP contribution is 2.16. The fourth-order valence-corrected chi connectivity index (χ4v) is 1.96. The molecule has 0 amide bonds. The molecular weight excluding hydrogens is 270 g/mol. The third-order valence-electron chi connectivity index (χ3n) is 3.02. The molecule has 0 aliphatic rings. The van der Waals surface area contributed by atoms with E-state index in [0.29, 0.717) is 24.2 Å². The van der Waals surface area contributed by atoms with Gasteiger partial charge in [0.1, 0.15) is 0 Å². The molecule has 0 N–H and O–H groups in total. The van der Waals surface area contributed by atoms with Gasteiger partial charge in [0.25, 0.3) is 5.95 Å². The van der Waals surface area contributed by atoms with Gasteiger partial charge in [-0.05, 0) is 29.5 Å². The normalized spacial score (nSPS) is 10.8. The Hall–Kier alpha value is -2.77. The summed E-state index contributed by atoms with van der Waals surface area (Å²) in [4.78, 5) is 6.04. The van der Waals surface area contributed by atoms with Crippen LogP contribution in [0, 0.1) is 13.8 Å². The number of anilines is 1. The van der Waals surface area contributed by atoms with Crippen LogP contribution in [-0.2, 0) is 6.54 Å².